The maximum Gasteiger partial charge on any atom is 0.304 e. The Kier molecular flexibility index (Phi) is 4.94. The van der Waals surface area contributed by atoms with Crippen molar-refractivity contribution < 1.29 is 9.90 Å². The Hall–Kier alpha value is -0.570. The normalized spacial score (nSPS) is 21.5. The fourth-order valence-corrected chi connectivity index (χ4v) is 2.17. The number of nitrogens with one attached hydrogen (secondary N) is 1. The quantitative estimate of drug-likeness (QED) is 0.682. The highest BCUT2D eigenvalue weighted by molar-refractivity contribution is 5.67. The molecule has 0 aromatic carbocycles. The van der Waals surface area contributed by atoms with Crippen molar-refractivity contribution in [2.45, 2.75) is 64.0 Å². The van der Waals surface area contributed by atoms with E-state index in [2.05, 4.69) is 5.32 Å². The Balaban J connectivity index is 2.23. The highest BCUT2D eigenvalue weighted by Crippen LogP contribution is 2.17. The van der Waals surface area contributed by atoms with Crippen LogP contribution in [0.15, 0.2) is 0 Å². The van der Waals surface area contributed by atoms with Crippen LogP contribution in [-0.2, 0) is 4.79 Å². The molecule has 0 aromatic heterocycles. The number of carbonyl (C=O) groups is 1. The van der Waals surface area contributed by atoms with Gasteiger partial charge in [-0.25, -0.2) is 0 Å². The van der Waals surface area contributed by atoms with Gasteiger partial charge in [-0.3, -0.25) is 4.79 Å². The first-order valence-electron chi connectivity index (χ1n) is 5.66. The number of carboxylic acids is 1. The number of rotatable bonds is 4. The maximum atomic E-state index is 10.5. The smallest absolute Gasteiger partial charge is 0.304 e. The van der Waals surface area contributed by atoms with Crippen molar-refractivity contribution in [1.82, 2.24) is 5.32 Å². The second-order valence-corrected chi connectivity index (χ2v) is 4.35. The molecule has 0 spiro atoms. The van der Waals surface area contributed by atoms with E-state index < -0.39 is 5.97 Å². The largest absolute Gasteiger partial charge is 0.481 e. The van der Waals surface area contributed by atoms with Gasteiger partial charge >= 0.3 is 5.97 Å². The third kappa shape index (κ3) is 4.61. The average molecular weight is 199 g/mol. The first kappa shape index (κ1) is 11.5. The Labute approximate surface area is 85.9 Å². The summed E-state index contributed by atoms with van der Waals surface area (Å²) in [5.74, 6) is -0.710. The van der Waals surface area contributed by atoms with E-state index >= 15 is 0 Å². The molecule has 1 atom stereocenters. The van der Waals surface area contributed by atoms with Crippen molar-refractivity contribution in [1.29, 1.82) is 0 Å². The van der Waals surface area contributed by atoms with Gasteiger partial charge in [-0.15, -0.1) is 0 Å². The molecule has 0 bridgehead atoms. The van der Waals surface area contributed by atoms with Gasteiger partial charge in [0.1, 0.15) is 0 Å². The van der Waals surface area contributed by atoms with Crippen LogP contribution in [0.5, 0.6) is 0 Å². The molecule has 1 unspecified atom stereocenters. The molecule has 2 N–H and O–H groups in total. The van der Waals surface area contributed by atoms with E-state index in [1.807, 2.05) is 6.92 Å². The van der Waals surface area contributed by atoms with E-state index in [1.54, 1.807) is 0 Å². The Bertz CT molecular complexity index is 174. The van der Waals surface area contributed by atoms with Gasteiger partial charge in [0.05, 0.1) is 6.42 Å². The summed E-state index contributed by atoms with van der Waals surface area (Å²) in [6.45, 7) is 1.96. The fourth-order valence-electron chi connectivity index (χ4n) is 2.17. The molecule has 82 valence electrons. The third-order valence-electron chi connectivity index (χ3n) is 2.86. The molecule has 3 heteroatoms. The molecule has 1 fully saturated rings. The minimum Gasteiger partial charge on any atom is -0.481 e. The van der Waals surface area contributed by atoms with E-state index in [1.165, 1.54) is 38.5 Å². The number of carboxylic acid groups (broad SMARTS) is 1. The number of hydrogen-bond acceptors (Lipinski definition) is 2. The van der Waals surface area contributed by atoms with Gasteiger partial charge in [-0.05, 0) is 19.8 Å². The maximum absolute atomic E-state index is 10.5. The Morgan fingerprint density at radius 3 is 2.43 bits per heavy atom. The van der Waals surface area contributed by atoms with Gasteiger partial charge in [0.25, 0.3) is 0 Å². The lowest BCUT2D eigenvalue weighted by Gasteiger charge is -2.20. The van der Waals surface area contributed by atoms with Gasteiger partial charge in [0.2, 0.25) is 0 Å². The summed E-state index contributed by atoms with van der Waals surface area (Å²) in [7, 11) is 0. The predicted molar refractivity (Wildman–Crippen MR) is 56.3 cm³/mol. The molecular formula is C11H21NO2. The minimum absolute atomic E-state index is 0.107. The SMILES string of the molecule is CC(CC(=O)O)NC1CCCCCC1. The molecule has 0 heterocycles. The van der Waals surface area contributed by atoms with Gasteiger partial charge in [-0.1, -0.05) is 25.7 Å². The van der Waals surface area contributed by atoms with Gasteiger partial charge in [0, 0.05) is 12.1 Å². The Morgan fingerprint density at radius 2 is 1.93 bits per heavy atom. The van der Waals surface area contributed by atoms with Gasteiger partial charge < -0.3 is 10.4 Å². The molecule has 0 radical (unpaired) electrons. The molecular weight excluding hydrogens is 178 g/mol. The highest BCUT2D eigenvalue weighted by Gasteiger charge is 2.15. The van der Waals surface area contributed by atoms with Crippen LogP contribution < -0.4 is 5.32 Å². The van der Waals surface area contributed by atoms with E-state index in [-0.39, 0.29) is 12.5 Å². The molecule has 1 rings (SSSR count). The summed E-state index contributed by atoms with van der Waals surface area (Å²) in [4.78, 5) is 10.5. The van der Waals surface area contributed by atoms with Crippen molar-refractivity contribution in [3.63, 3.8) is 0 Å². The van der Waals surface area contributed by atoms with Crippen LogP contribution in [0.1, 0.15) is 51.9 Å². The van der Waals surface area contributed by atoms with Crippen molar-refractivity contribution in [2.24, 2.45) is 0 Å². The molecule has 0 amide bonds. The van der Waals surface area contributed by atoms with Crippen LogP contribution in [0.4, 0.5) is 0 Å². The van der Waals surface area contributed by atoms with E-state index in [4.69, 9.17) is 5.11 Å². The van der Waals surface area contributed by atoms with Crippen LogP contribution in [-0.4, -0.2) is 23.2 Å². The minimum atomic E-state index is -0.710. The van der Waals surface area contributed by atoms with Crippen molar-refractivity contribution in [3.05, 3.63) is 0 Å². The molecule has 0 aliphatic heterocycles. The molecule has 14 heavy (non-hydrogen) atoms. The average Bonchev–Trinajstić information content (AvgIpc) is 2.31. The molecule has 3 nitrogen and oxygen atoms in total. The van der Waals surface area contributed by atoms with Crippen LogP contribution in [0.25, 0.3) is 0 Å². The second-order valence-electron chi connectivity index (χ2n) is 4.35. The summed E-state index contributed by atoms with van der Waals surface area (Å²) < 4.78 is 0. The second kappa shape index (κ2) is 6.02. The lowest BCUT2D eigenvalue weighted by atomic mass is 10.1. The van der Waals surface area contributed by atoms with Crippen LogP contribution in [0.3, 0.4) is 0 Å². The van der Waals surface area contributed by atoms with E-state index in [9.17, 15) is 4.79 Å². The highest BCUT2D eigenvalue weighted by atomic mass is 16.4. The molecule has 1 saturated carbocycles. The molecule has 1 aliphatic rings. The summed E-state index contributed by atoms with van der Waals surface area (Å²) in [5.41, 5.74) is 0. The van der Waals surface area contributed by atoms with E-state index in [0.29, 0.717) is 6.04 Å². The van der Waals surface area contributed by atoms with Crippen LogP contribution in [0, 0.1) is 0 Å². The monoisotopic (exact) mass is 199 g/mol. The zero-order valence-corrected chi connectivity index (χ0v) is 8.96. The lowest BCUT2D eigenvalue weighted by molar-refractivity contribution is -0.137. The zero-order chi connectivity index (χ0) is 10.4. The first-order chi connectivity index (χ1) is 6.68. The number of aliphatic carboxylic acids is 1. The van der Waals surface area contributed by atoms with E-state index in [0.717, 1.165) is 0 Å². The fraction of sp³-hybridized carbons (Fsp3) is 0.909. The summed E-state index contributed by atoms with van der Waals surface area (Å²) in [5, 5.41) is 12.0. The van der Waals surface area contributed by atoms with Crippen molar-refractivity contribution >= 4 is 5.97 Å². The lowest BCUT2D eigenvalue weighted by Crippen LogP contribution is -2.37. The zero-order valence-electron chi connectivity index (χ0n) is 8.96. The van der Waals surface area contributed by atoms with Crippen molar-refractivity contribution in [3.8, 4) is 0 Å². The molecule has 0 aromatic rings. The molecule has 1 aliphatic carbocycles. The number of hydrogen-bond donors (Lipinski definition) is 2. The van der Waals surface area contributed by atoms with Gasteiger partial charge in [-0.2, -0.15) is 0 Å². The van der Waals surface area contributed by atoms with Crippen LogP contribution in [0.2, 0.25) is 0 Å². The predicted octanol–water partition coefficient (Wildman–Crippen LogP) is 2.16. The first-order valence-corrected chi connectivity index (χ1v) is 5.66. The Morgan fingerprint density at radius 1 is 1.36 bits per heavy atom. The summed E-state index contributed by atoms with van der Waals surface area (Å²) in [6.07, 6.45) is 7.91. The molecule has 0 saturated heterocycles. The standard InChI is InChI=1S/C11H21NO2/c1-9(8-11(13)14)12-10-6-4-2-3-5-7-10/h9-10,12H,2-8H2,1H3,(H,13,14). The topological polar surface area (TPSA) is 49.3 Å². The van der Waals surface area contributed by atoms with Gasteiger partial charge in [0.15, 0.2) is 0 Å². The van der Waals surface area contributed by atoms with Crippen molar-refractivity contribution in [2.75, 3.05) is 0 Å². The summed E-state index contributed by atoms with van der Waals surface area (Å²) in [6, 6.07) is 0.655. The summed E-state index contributed by atoms with van der Waals surface area (Å²) >= 11 is 0. The van der Waals surface area contributed by atoms with Crippen LogP contribution >= 0.6 is 0 Å². The third-order valence-corrected chi connectivity index (χ3v) is 2.86.